The molecule has 21 heavy (non-hydrogen) atoms. The summed E-state index contributed by atoms with van der Waals surface area (Å²) in [5, 5.41) is 4.89. The molecule has 1 aromatic carbocycles. The fourth-order valence-corrected chi connectivity index (χ4v) is 2.73. The van der Waals surface area contributed by atoms with E-state index in [1.54, 1.807) is 30.3 Å². The molecule has 0 aliphatic heterocycles. The summed E-state index contributed by atoms with van der Waals surface area (Å²) in [4.78, 5) is 24.4. The van der Waals surface area contributed by atoms with Gasteiger partial charge in [-0.25, -0.2) is 0 Å². The highest BCUT2D eigenvalue weighted by Crippen LogP contribution is 2.26. The first kappa shape index (κ1) is 15.5. The third-order valence-corrected chi connectivity index (χ3v) is 4.14. The predicted octanol–water partition coefficient (Wildman–Crippen LogP) is 2.95. The van der Waals surface area contributed by atoms with Crippen molar-refractivity contribution in [3.8, 4) is 5.75 Å². The summed E-state index contributed by atoms with van der Waals surface area (Å²) in [5.74, 6) is 0.179. The van der Waals surface area contributed by atoms with Gasteiger partial charge in [-0.2, -0.15) is 0 Å². The maximum atomic E-state index is 11.9. The Kier molecular flexibility index (Phi) is 5.36. The highest BCUT2D eigenvalue weighted by Gasteiger charge is 2.14. The molecule has 6 heteroatoms. The molecule has 0 atom stereocenters. The number of rotatable bonds is 6. The highest BCUT2D eigenvalue weighted by atomic mass is 35.5. The van der Waals surface area contributed by atoms with Gasteiger partial charge in [-0.05, 0) is 23.6 Å². The highest BCUT2D eigenvalue weighted by molar-refractivity contribution is 7.12. The number of Topliss-reactive ketones (excluding diaryl/α,β-unsaturated/α-hetero) is 1. The molecule has 0 aliphatic carbocycles. The summed E-state index contributed by atoms with van der Waals surface area (Å²) >= 11 is 7.42. The largest absolute Gasteiger partial charge is 0.496 e. The van der Waals surface area contributed by atoms with Crippen LogP contribution in [0.2, 0.25) is 5.02 Å². The summed E-state index contributed by atoms with van der Waals surface area (Å²) in [6.45, 7) is -0.0217. The summed E-state index contributed by atoms with van der Waals surface area (Å²) in [5.41, 5.74) is 0.614. The van der Waals surface area contributed by atoms with Crippen LogP contribution in [-0.4, -0.2) is 25.3 Å². The molecular weight excluding hydrogens is 310 g/mol. The lowest BCUT2D eigenvalue weighted by molar-refractivity contribution is -0.120. The molecule has 0 saturated heterocycles. The summed E-state index contributed by atoms with van der Waals surface area (Å²) in [6, 6.07) is 8.72. The zero-order valence-corrected chi connectivity index (χ0v) is 13.0. The molecule has 4 nitrogen and oxygen atoms in total. The Morgan fingerprint density at radius 3 is 2.76 bits per heavy atom. The van der Waals surface area contributed by atoms with Gasteiger partial charge in [0.25, 0.3) is 0 Å². The maximum absolute atomic E-state index is 11.9. The molecule has 2 rings (SSSR count). The van der Waals surface area contributed by atoms with Crippen LogP contribution in [0.5, 0.6) is 5.75 Å². The number of hydrogen-bond acceptors (Lipinski definition) is 4. The van der Waals surface area contributed by atoms with E-state index in [0.29, 0.717) is 21.2 Å². The van der Waals surface area contributed by atoms with Gasteiger partial charge in [-0.1, -0.05) is 23.7 Å². The minimum Gasteiger partial charge on any atom is -0.496 e. The van der Waals surface area contributed by atoms with Crippen molar-refractivity contribution in [2.24, 2.45) is 0 Å². The molecule has 1 heterocycles. The van der Waals surface area contributed by atoms with E-state index in [0.717, 1.165) is 0 Å². The van der Waals surface area contributed by atoms with Crippen molar-refractivity contribution >= 4 is 34.6 Å². The fourth-order valence-electron chi connectivity index (χ4n) is 1.83. The number of benzene rings is 1. The van der Waals surface area contributed by atoms with E-state index in [4.69, 9.17) is 16.3 Å². The van der Waals surface area contributed by atoms with Crippen molar-refractivity contribution < 1.29 is 14.3 Å². The molecule has 0 unspecified atom stereocenters. The smallest absolute Gasteiger partial charge is 0.224 e. The predicted molar refractivity (Wildman–Crippen MR) is 83.4 cm³/mol. The Bertz CT molecular complexity index is 640. The molecule has 2 aromatic rings. The van der Waals surface area contributed by atoms with E-state index in [1.807, 2.05) is 5.38 Å². The van der Waals surface area contributed by atoms with Crippen LogP contribution in [0.3, 0.4) is 0 Å². The Morgan fingerprint density at radius 1 is 1.29 bits per heavy atom. The maximum Gasteiger partial charge on any atom is 0.224 e. The van der Waals surface area contributed by atoms with Gasteiger partial charge in [0.05, 0.1) is 25.0 Å². The van der Waals surface area contributed by atoms with Crippen molar-refractivity contribution in [3.63, 3.8) is 0 Å². The molecule has 1 aromatic heterocycles. The van der Waals surface area contributed by atoms with Crippen molar-refractivity contribution in [2.45, 2.75) is 6.42 Å². The molecule has 0 fully saturated rings. The van der Waals surface area contributed by atoms with Gasteiger partial charge in [0.1, 0.15) is 5.75 Å². The van der Waals surface area contributed by atoms with E-state index in [-0.39, 0.29) is 24.7 Å². The third-order valence-electron chi connectivity index (χ3n) is 2.88. The lowest BCUT2D eigenvalue weighted by atomic mass is 10.1. The zero-order valence-electron chi connectivity index (χ0n) is 11.4. The molecule has 110 valence electrons. The Hall–Kier alpha value is -1.85. The number of methoxy groups -OCH3 is 1. The van der Waals surface area contributed by atoms with Crippen LogP contribution in [0.25, 0.3) is 0 Å². The Labute approximate surface area is 131 Å². The van der Waals surface area contributed by atoms with Gasteiger partial charge in [-0.15, -0.1) is 11.3 Å². The van der Waals surface area contributed by atoms with Crippen molar-refractivity contribution in [3.05, 3.63) is 51.2 Å². The van der Waals surface area contributed by atoms with Gasteiger partial charge in [-0.3, -0.25) is 9.59 Å². The average Bonchev–Trinajstić information content (AvgIpc) is 3.01. The van der Waals surface area contributed by atoms with E-state index < -0.39 is 0 Å². The van der Waals surface area contributed by atoms with E-state index in [1.165, 1.54) is 18.4 Å². The van der Waals surface area contributed by atoms with Crippen molar-refractivity contribution in [2.75, 3.05) is 13.7 Å². The van der Waals surface area contributed by atoms with Gasteiger partial charge < -0.3 is 10.1 Å². The topological polar surface area (TPSA) is 55.4 Å². The van der Waals surface area contributed by atoms with Crippen molar-refractivity contribution in [1.29, 1.82) is 0 Å². The first-order valence-corrected chi connectivity index (χ1v) is 7.52. The SMILES string of the molecule is COc1cccc(Cl)c1CC(=O)NCC(=O)c1cccs1. The summed E-state index contributed by atoms with van der Waals surface area (Å²) < 4.78 is 5.18. The fraction of sp³-hybridized carbons (Fsp3) is 0.200. The molecule has 0 spiro atoms. The lowest BCUT2D eigenvalue weighted by Gasteiger charge is -2.10. The average molecular weight is 324 g/mol. The van der Waals surface area contributed by atoms with Gasteiger partial charge in [0, 0.05) is 10.6 Å². The van der Waals surface area contributed by atoms with Crippen LogP contribution in [-0.2, 0) is 11.2 Å². The van der Waals surface area contributed by atoms with Gasteiger partial charge in [0.15, 0.2) is 5.78 Å². The first-order valence-electron chi connectivity index (χ1n) is 6.26. The number of nitrogens with one attached hydrogen (secondary N) is 1. The first-order chi connectivity index (χ1) is 10.1. The Morgan fingerprint density at radius 2 is 2.10 bits per heavy atom. The minimum absolute atomic E-state index is 0.0217. The summed E-state index contributed by atoms with van der Waals surface area (Å²) in [6.07, 6.45) is 0.0700. The quantitative estimate of drug-likeness (QED) is 0.832. The van der Waals surface area contributed by atoms with Crippen LogP contribution in [0, 0.1) is 0 Å². The molecule has 0 aliphatic rings. The normalized spacial score (nSPS) is 10.2. The van der Waals surface area contributed by atoms with Crippen LogP contribution in [0.15, 0.2) is 35.7 Å². The van der Waals surface area contributed by atoms with Crippen molar-refractivity contribution in [1.82, 2.24) is 5.32 Å². The number of halogens is 1. The minimum atomic E-state index is -0.272. The molecular formula is C15H14ClNO3S. The summed E-state index contributed by atoms with van der Waals surface area (Å²) in [7, 11) is 1.52. The number of amides is 1. The number of hydrogen-bond donors (Lipinski definition) is 1. The van der Waals surface area contributed by atoms with E-state index in [2.05, 4.69) is 5.32 Å². The standard InChI is InChI=1S/C15H14ClNO3S/c1-20-13-5-2-4-11(16)10(13)8-15(19)17-9-12(18)14-6-3-7-21-14/h2-7H,8-9H2,1H3,(H,17,19). The van der Waals surface area contributed by atoms with Crippen LogP contribution in [0.4, 0.5) is 0 Å². The molecule has 1 N–H and O–H groups in total. The molecule has 0 saturated carbocycles. The molecule has 0 radical (unpaired) electrons. The second kappa shape index (κ2) is 7.24. The van der Waals surface area contributed by atoms with E-state index in [9.17, 15) is 9.59 Å². The number of carbonyl (C=O) groups excluding carboxylic acids is 2. The van der Waals surface area contributed by atoms with E-state index >= 15 is 0 Å². The second-order valence-corrected chi connectivity index (χ2v) is 5.63. The van der Waals surface area contributed by atoms with Gasteiger partial charge >= 0.3 is 0 Å². The lowest BCUT2D eigenvalue weighted by Crippen LogP contribution is -2.30. The number of ketones is 1. The second-order valence-electron chi connectivity index (χ2n) is 4.27. The van der Waals surface area contributed by atoms with Crippen LogP contribution in [0.1, 0.15) is 15.2 Å². The molecule has 0 bridgehead atoms. The number of thiophene rings is 1. The Balaban J connectivity index is 1.95. The van der Waals surface area contributed by atoms with Crippen LogP contribution >= 0.6 is 22.9 Å². The zero-order chi connectivity index (χ0) is 15.2. The van der Waals surface area contributed by atoms with Gasteiger partial charge in [0.2, 0.25) is 5.91 Å². The number of ether oxygens (including phenoxy) is 1. The molecule has 1 amide bonds. The third kappa shape index (κ3) is 4.06. The van der Waals surface area contributed by atoms with Crippen LogP contribution < -0.4 is 10.1 Å². The monoisotopic (exact) mass is 323 g/mol. The number of carbonyl (C=O) groups is 2.